The number of rotatable bonds is 5. The number of amides is 1. The fourth-order valence-electron chi connectivity index (χ4n) is 4.75. The number of nitrogens with zero attached hydrogens (tertiary/aromatic N) is 6. The van der Waals surface area contributed by atoms with Crippen LogP contribution in [0.1, 0.15) is 23.2 Å². The molecule has 4 rings (SSSR count). The number of hydrogen-bond acceptors (Lipinski definition) is 7. The second-order valence-corrected chi connectivity index (χ2v) is 8.63. The van der Waals surface area contributed by atoms with Crippen LogP contribution >= 0.6 is 0 Å². The molecule has 0 unspecified atom stereocenters. The van der Waals surface area contributed by atoms with E-state index in [2.05, 4.69) is 16.5 Å². The van der Waals surface area contributed by atoms with E-state index in [1.165, 1.54) is 29.0 Å². The highest BCUT2D eigenvalue weighted by atomic mass is 19.4. The van der Waals surface area contributed by atoms with Gasteiger partial charge in [-0.15, -0.1) is 0 Å². The Balaban J connectivity index is 1.67. The van der Waals surface area contributed by atoms with E-state index in [-0.39, 0.29) is 57.3 Å². The minimum atomic E-state index is -4.88. The molecule has 0 spiro atoms. The van der Waals surface area contributed by atoms with Crippen LogP contribution in [-0.4, -0.2) is 60.1 Å². The van der Waals surface area contributed by atoms with Crippen molar-refractivity contribution in [2.75, 3.05) is 43.1 Å². The molecule has 3 heterocycles. The van der Waals surface area contributed by atoms with Gasteiger partial charge < -0.3 is 19.4 Å². The molecule has 0 radical (unpaired) electrons. The van der Waals surface area contributed by atoms with Gasteiger partial charge in [-0.2, -0.15) is 28.4 Å². The zero-order chi connectivity index (χ0) is 26.9. The molecule has 196 valence electrons. The average Bonchev–Trinajstić information content (AvgIpc) is 2.86. The zero-order valence-electron chi connectivity index (χ0n) is 19.9. The molecule has 1 saturated heterocycles. The van der Waals surface area contributed by atoms with Gasteiger partial charge in [0.05, 0.1) is 43.6 Å². The predicted octanol–water partition coefficient (Wildman–Crippen LogP) is 3.62. The van der Waals surface area contributed by atoms with Gasteiger partial charge in [0.1, 0.15) is 17.2 Å². The van der Waals surface area contributed by atoms with Gasteiger partial charge in [-0.1, -0.05) is 12.6 Å². The fourth-order valence-corrected chi connectivity index (χ4v) is 4.75. The molecule has 0 N–H and O–H groups in total. The van der Waals surface area contributed by atoms with Gasteiger partial charge in [-0.25, -0.2) is 8.78 Å². The molecule has 2 aliphatic heterocycles. The van der Waals surface area contributed by atoms with Gasteiger partial charge in [-0.05, 0) is 18.6 Å². The SMILES string of the molecule is C=C(F)C(=O)N1CCN(c2nc(OC)nc3c2CCN(c2cccc(F)c2C(F)(F)F)C3)C[C@@H]1CC#N. The Morgan fingerprint density at radius 1 is 1.24 bits per heavy atom. The van der Waals surface area contributed by atoms with Crippen LogP contribution in [0.3, 0.4) is 0 Å². The summed E-state index contributed by atoms with van der Waals surface area (Å²) in [7, 11) is 1.35. The van der Waals surface area contributed by atoms with Crippen molar-refractivity contribution >= 4 is 17.4 Å². The largest absolute Gasteiger partial charge is 0.467 e. The van der Waals surface area contributed by atoms with Crippen molar-refractivity contribution in [3.63, 3.8) is 0 Å². The van der Waals surface area contributed by atoms with Crippen molar-refractivity contribution in [1.82, 2.24) is 14.9 Å². The van der Waals surface area contributed by atoms with Gasteiger partial charge in [0.25, 0.3) is 5.91 Å². The van der Waals surface area contributed by atoms with E-state index in [9.17, 15) is 32.0 Å². The Morgan fingerprint density at radius 3 is 2.65 bits per heavy atom. The number of benzene rings is 1. The highest BCUT2D eigenvalue weighted by Gasteiger charge is 2.40. The van der Waals surface area contributed by atoms with E-state index in [0.717, 1.165) is 6.07 Å². The van der Waals surface area contributed by atoms with Gasteiger partial charge >= 0.3 is 12.2 Å². The normalized spacial score (nSPS) is 17.8. The lowest BCUT2D eigenvalue weighted by Gasteiger charge is -2.42. The second kappa shape index (κ2) is 10.2. The van der Waals surface area contributed by atoms with E-state index in [0.29, 0.717) is 17.1 Å². The Hall–Kier alpha value is -3.95. The highest BCUT2D eigenvalue weighted by Crippen LogP contribution is 2.40. The van der Waals surface area contributed by atoms with Crippen LogP contribution in [0.25, 0.3) is 0 Å². The van der Waals surface area contributed by atoms with Crippen LogP contribution in [0.2, 0.25) is 0 Å². The number of anilines is 2. The first-order valence-electron chi connectivity index (χ1n) is 11.4. The van der Waals surface area contributed by atoms with E-state index in [1.807, 2.05) is 11.0 Å². The summed E-state index contributed by atoms with van der Waals surface area (Å²) >= 11 is 0. The molecule has 0 aliphatic carbocycles. The van der Waals surface area contributed by atoms with Crippen molar-refractivity contribution in [3.05, 3.63) is 53.2 Å². The number of nitriles is 1. The third-order valence-corrected chi connectivity index (χ3v) is 6.42. The smallest absolute Gasteiger partial charge is 0.421 e. The maximum Gasteiger partial charge on any atom is 0.421 e. The molecule has 8 nitrogen and oxygen atoms in total. The summed E-state index contributed by atoms with van der Waals surface area (Å²) in [5, 5.41) is 9.24. The molecule has 1 aromatic heterocycles. The molecule has 2 aliphatic rings. The van der Waals surface area contributed by atoms with E-state index >= 15 is 0 Å². The summed E-state index contributed by atoms with van der Waals surface area (Å²) in [4.78, 5) is 25.5. The average molecular weight is 522 g/mol. The summed E-state index contributed by atoms with van der Waals surface area (Å²) in [6.07, 6.45) is -4.67. The summed E-state index contributed by atoms with van der Waals surface area (Å²) in [6.45, 7) is 3.69. The number of halogens is 5. The van der Waals surface area contributed by atoms with Crippen LogP contribution in [0.4, 0.5) is 33.5 Å². The zero-order valence-corrected chi connectivity index (χ0v) is 19.9. The van der Waals surface area contributed by atoms with Crippen molar-refractivity contribution in [2.24, 2.45) is 0 Å². The predicted molar refractivity (Wildman–Crippen MR) is 123 cm³/mol. The summed E-state index contributed by atoms with van der Waals surface area (Å²) in [6, 6.07) is 4.58. The molecule has 1 atom stereocenters. The first-order valence-corrected chi connectivity index (χ1v) is 11.4. The van der Waals surface area contributed by atoms with Crippen molar-refractivity contribution in [2.45, 2.75) is 31.6 Å². The number of carbonyl (C=O) groups is 1. The van der Waals surface area contributed by atoms with Crippen molar-refractivity contribution < 1.29 is 31.5 Å². The molecule has 0 bridgehead atoms. The molecule has 13 heteroatoms. The molecule has 1 aromatic carbocycles. The number of fused-ring (bicyclic) bond motifs is 1. The van der Waals surface area contributed by atoms with Gasteiger partial charge in [0.2, 0.25) is 0 Å². The summed E-state index contributed by atoms with van der Waals surface area (Å²) in [5.74, 6) is -2.89. The lowest BCUT2D eigenvalue weighted by atomic mass is 10.0. The monoisotopic (exact) mass is 522 g/mol. The summed E-state index contributed by atoms with van der Waals surface area (Å²) < 4.78 is 73.8. The third kappa shape index (κ3) is 5.14. The number of alkyl halides is 3. The minimum absolute atomic E-state index is 0.0154. The van der Waals surface area contributed by atoms with E-state index in [1.54, 1.807) is 0 Å². The lowest BCUT2D eigenvalue weighted by molar-refractivity contribution is -0.139. The Kier molecular flexibility index (Phi) is 7.20. The maximum atomic E-state index is 14.2. The number of carbonyl (C=O) groups excluding carboxylic acids is 1. The van der Waals surface area contributed by atoms with Gasteiger partial charge in [-0.3, -0.25) is 4.79 Å². The van der Waals surface area contributed by atoms with Crippen LogP contribution < -0.4 is 14.5 Å². The molecular formula is C24H23F5N6O2. The van der Waals surface area contributed by atoms with Gasteiger partial charge in [0.15, 0.2) is 5.83 Å². The minimum Gasteiger partial charge on any atom is -0.467 e. The van der Waals surface area contributed by atoms with Crippen LogP contribution in [-0.2, 0) is 23.9 Å². The molecule has 2 aromatic rings. The number of aromatic nitrogens is 2. The molecule has 37 heavy (non-hydrogen) atoms. The molecule has 1 amide bonds. The molecule has 0 saturated carbocycles. The number of methoxy groups -OCH3 is 1. The topological polar surface area (TPSA) is 85.6 Å². The third-order valence-electron chi connectivity index (χ3n) is 6.42. The van der Waals surface area contributed by atoms with E-state index < -0.39 is 35.3 Å². The first kappa shape index (κ1) is 26.1. The lowest BCUT2D eigenvalue weighted by Crippen LogP contribution is -2.55. The molecular weight excluding hydrogens is 499 g/mol. The quantitative estimate of drug-likeness (QED) is 0.438. The second-order valence-electron chi connectivity index (χ2n) is 8.63. The van der Waals surface area contributed by atoms with Crippen molar-refractivity contribution in [1.29, 1.82) is 5.26 Å². The molecule has 1 fully saturated rings. The maximum absolute atomic E-state index is 14.2. The number of piperazine rings is 1. The number of hydrogen-bond donors (Lipinski definition) is 0. The Morgan fingerprint density at radius 2 is 2.00 bits per heavy atom. The van der Waals surface area contributed by atoms with Crippen molar-refractivity contribution in [3.8, 4) is 12.1 Å². The fraction of sp³-hybridized carbons (Fsp3) is 0.417. The number of ether oxygens (including phenoxy) is 1. The van der Waals surface area contributed by atoms with Crippen LogP contribution in [0.5, 0.6) is 6.01 Å². The van der Waals surface area contributed by atoms with Crippen LogP contribution in [0.15, 0.2) is 30.6 Å². The standard InChI is InChI=1S/C24H23F5N6O2/c1-14(25)22(36)35-11-10-34(12-15(35)6-8-30)21-16-7-9-33(13-18(16)31-23(32-21)37-2)19-5-3-4-17(26)20(19)24(27,28)29/h3-5,15H,1,6-7,9-13H2,2H3/t15-/m0/s1. The highest BCUT2D eigenvalue weighted by molar-refractivity contribution is 5.91. The summed E-state index contributed by atoms with van der Waals surface area (Å²) in [5.41, 5.74) is -0.537. The Bertz CT molecular complexity index is 1260. The van der Waals surface area contributed by atoms with Crippen LogP contribution in [0, 0.1) is 17.1 Å². The Labute approximate surface area is 209 Å². The van der Waals surface area contributed by atoms with Gasteiger partial charge in [0, 0.05) is 31.7 Å². The van der Waals surface area contributed by atoms with E-state index in [4.69, 9.17) is 4.74 Å². The first-order chi connectivity index (χ1) is 17.5.